The molecule has 2 aromatic rings. The molecule has 0 aliphatic carbocycles. The molecule has 0 unspecified atom stereocenters. The first-order valence-corrected chi connectivity index (χ1v) is 8.21. The smallest absolute Gasteiger partial charge is 0.165 e. The van der Waals surface area contributed by atoms with Crippen molar-refractivity contribution in [2.75, 3.05) is 0 Å². The molecule has 0 saturated heterocycles. The van der Waals surface area contributed by atoms with Gasteiger partial charge in [0.2, 0.25) is 0 Å². The minimum atomic E-state index is 0.398. The second-order valence-corrected chi connectivity index (χ2v) is 5.77. The number of aryl methyl sites for hydroxylation is 3. The van der Waals surface area contributed by atoms with Crippen LogP contribution in [0.3, 0.4) is 0 Å². The first-order valence-electron chi connectivity index (χ1n) is 8.21. The van der Waals surface area contributed by atoms with Gasteiger partial charge in [0.15, 0.2) is 11.6 Å². The van der Waals surface area contributed by atoms with Gasteiger partial charge in [-0.15, -0.1) is 5.10 Å². The van der Waals surface area contributed by atoms with Crippen molar-refractivity contribution in [2.45, 2.75) is 71.6 Å². The third kappa shape index (κ3) is 3.32. The Balaban J connectivity index is 1.55. The Morgan fingerprint density at radius 3 is 3.05 bits per heavy atom. The standard InChI is InChI=1S/C14H24N8/c1-3-5-8-21-14(17-19-20-21)9-15-11-6-7-13-16-12(4-2)18-22(13)10-11/h11,15H,3-10H2,1-2H3/t11-/m0/s1. The molecule has 0 bridgehead atoms. The Morgan fingerprint density at radius 1 is 1.32 bits per heavy atom. The van der Waals surface area contributed by atoms with Crippen molar-refractivity contribution in [1.82, 2.24) is 40.3 Å². The van der Waals surface area contributed by atoms with Crippen LogP contribution >= 0.6 is 0 Å². The molecule has 1 N–H and O–H groups in total. The fourth-order valence-electron chi connectivity index (χ4n) is 2.74. The van der Waals surface area contributed by atoms with Crippen LogP contribution in [0.1, 0.15) is 50.6 Å². The first-order chi connectivity index (χ1) is 10.8. The van der Waals surface area contributed by atoms with Gasteiger partial charge in [-0.1, -0.05) is 20.3 Å². The Morgan fingerprint density at radius 2 is 2.23 bits per heavy atom. The molecule has 120 valence electrons. The van der Waals surface area contributed by atoms with Crippen molar-refractivity contribution < 1.29 is 0 Å². The highest BCUT2D eigenvalue weighted by Crippen LogP contribution is 2.13. The number of hydrogen-bond donors (Lipinski definition) is 1. The number of tetrazole rings is 1. The average Bonchev–Trinajstić information content (AvgIpc) is 3.16. The Kier molecular flexibility index (Phi) is 4.77. The molecule has 22 heavy (non-hydrogen) atoms. The predicted octanol–water partition coefficient (Wildman–Crippen LogP) is 0.732. The first kappa shape index (κ1) is 15.1. The zero-order valence-corrected chi connectivity index (χ0v) is 13.4. The van der Waals surface area contributed by atoms with Crippen molar-refractivity contribution >= 4 is 0 Å². The zero-order chi connectivity index (χ0) is 15.4. The van der Waals surface area contributed by atoms with Crippen LogP contribution in [0, 0.1) is 0 Å². The highest BCUT2D eigenvalue weighted by atomic mass is 15.5. The molecule has 1 aliphatic rings. The molecule has 8 heteroatoms. The lowest BCUT2D eigenvalue weighted by molar-refractivity contribution is 0.351. The van der Waals surface area contributed by atoms with Crippen molar-refractivity contribution in [2.24, 2.45) is 0 Å². The molecule has 1 aliphatic heterocycles. The number of hydrogen-bond acceptors (Lipinski definition) is 6. The third-order valence-electron chi connectivity index (χ3n) is 4.10. The van der Waals surface area contributed by atoms with Crippen LogP contribution in [0.5, 0.6) is 0 Å². The molecule has 3 rings (SSSR count). The predicted molar refractivity (Wildman–Crippen MR) is 81.1 cm³/mol. The second-order valence-electron chi connectivity index (χ2n) is 5.77. The minimum absolute atomic E-state index is 0.398. The summed E-state index contributed by atoms with van der Waals surface area (Å²) in [5.41, 5.74) is 0. The summed E-state index contributed by atoms with van der Waals surface area (Å²) in [6.07, 6.45) is 5.20. The maximum atomic E-state index is 4.55. The number of rotatable bonds is 7. The zero-order valence-electron chi connectivity index (χ0n) is 13.4. The van der Waals surface area contributed by atoms with Gasteiger partial charge in [0.25, 0.3) is 0 Å². The summed E-state index contributed by atoms with van der Waals surface area (Å²) in [6.45, 7) is 6.72. The highest BCUT2D eigenvalue weighted by Gasteiger charge is 2.21. The summed E-state index contributed by atoms with van der Waals surface area (Å²) < 4.78 is 3.94. The topological polar surface area (TPSA) is 86.3 Å². The molecular weight excluding hydrogens is 280 g/mol. The number of unbranched alkanes of at least 4 members (excludes halogenated alkanes) is 1. The van der Waals surface area contributed by atoms with E-state index in [1.807, 2.05) is 9.36 Å². The van der Waals surface area contributed by atoms with Gasteiger partial charge in [-0.25, -0.2) is 14.3 Å². The summed E-state index contributed by atoms with van der Waals surface area (Å²) in [5.74, 6) is 2.97. The lowest BCUT2D eigenvalue weighted by atomic mass is 10.1. The summed E-state index contributed by atoms with van der Waals surface area (Å²) in [5, 5.41) is 20.1. The van der Waals surface area contributed by atoms with E-state index in [1.54, 1.807) is 0 Å². The normalized spacial score (nSPS) is 17.6. The van der Waals surface area contributed by atoms with Crippen LogP contribution in [-0.4, -0.2) is 41.0 Å². The van der Waals surface area contributed by atoms with Crippen molar-refractivity contribution in [1.29, 1.82) is 0 Å². The van der Waals surface area contributed by atoms with E-state index in [9.17, 15) is 0 Å². The van der Waals surface area contributed by atoms with Gasteiger partial charge in [0.05, 0.1) is 13.1 Å². The SMILES string of the molecule is CCCCn1nnnc1CN[C@H]1CCc2nc(CC)nn2C1. The summed E-state index contributed by atoms with van der Waals surface area (Å²) in [7, 11) is 0. The quantitative estimate of drug-likeness (QED) is 0.811. The third-order valence-corrected chi connectivity index (χ3v) is 4.10. The minimum Gasteiger partial charge on any atom is -0.305 e. The number of fused-ring (bicyclic) bond motifs is 1. The number of nitrogens with zero attached hydrogens (tertiary/aromatic N) is 7. The molecule has 1 atom stereocenters. The maximum Gasteiger partial charge on any atom is 0.165 e. The van der Waals surface area contributed by atoms with E-state index in [4.69, 9.17) is 0 Å². The van der Waals surface area contributed by atoms with Crippen molar-refractivity contribution in [3.05, 3.63) is 17.5 Å². The maximum absolute atomic E-state index is 4.55. The second kappa shape index (κ2) is 6.95. The van der Waals surface area contributed by atoms with Crippen LogP contribution in [0.25, 0.3) is 0 Å². The van der Waals surface area contributed by atoms with E-state index in [2.05, 4.69) is 44.8 Å². The lowest BCUT2D eigenvalue weighted by Gasteiger charge is -2.23. The molecule has 0 radical (unpaired) electrons. The Hall–Kier alpha value is -1.83. The molecule has 2 aromatic heterocycles. The molecular formula is C14H24N8. The number of aromatic nitrogens is 7. The van der Waals surface area contributed by atoms with E-state index >= 15 is 0 Å². The Labute approximate surface area is 130 Å². The van der Waals surface area contributed by atoms with Gasteiger partial charge < -0.3 is 5.32 Å². The highest BCUT2D eigenvalue weighted by molar-refractivity contribution is 4.98. The van der Waals surface area contributed by atoms with Gasteiger partial charge >= 0.3 is 0 Å². The van der Waals surface area contributed by atoms with Crippen LogP contribution in [0.15, 0.2) is 0 Å². The lowest BCUT2D eigenvalue weighted by Crippen LogP contribution is -2.38. The fraction of sp³-hybridized carbons (Fsp3) is 0.786. The Bertz CT molecular complexity index is 602. The summed E-state index contributed by atoms with van der Waals surface area (Å²) >= 11 is 0. The molecule has 0 saturated carbocycles. The van der Waals surface area contributed by atoms with Gasteiger partial charge in [0, 0.05) is 25.4 Å². The van der Waals surface area contributed by atoms with Gasteiger partial charge in [-0.05, 0) is 23.3 Å². The monoisotopic (exact) mass is 304 g/mol. The van der Waals surface area contributed by atoms with E-state index in [0.717, 1.165) is 62.7 Å². The van der Waals surface area contributed by atoms with Gasteiger partial charge in [-0.2, -0.15) is 5.10 Å². The number of nitrogens with one attached hydrogen (secondary N) is 1. The van der Waals surface area contributed by atoms with E-state index < -0.39 is 0 Å². The molecule has 0 spiro atoms. The van der Waals surface area contributed by atoms with Gasteiger partial charge in [0.1, 0.15) is 5.82 Å². The molecule has 8 nitrogen and oxygen atoms in total. The van der Waals surface area contributed by atoms with Crippen LogP contribution in [-0.2, 0) is 32.5 Å². The van der Waals surface area contributed by atoms with Crippen molar-refractivity contribution in [3.63, 3.8) is 0 Å². The van der Waals surface area contributed by atoms with Gasteiger partial charge in [-0.3, -0.25) is 0 Å². The van der Waals surface area contributed by atoms with Crippen LogP contribution in [0.2, 0.25) is 0 Å². The molecule has 0 amide bonds. The van der Waals surface area contributed by atoms with Crippen LogP contribution in [0.4, 0.5) is 0 Å². The fourth-order valence-corrected chi connectivity index (χ4v) is 2.74. The summed E-state index contributed by atoms with van der Waals surface area (Å²) in [4.78, 5) is 4.55. The summed E-state index contributed by atoms with van der Waals surface area (Å²) in [6, 6.07) is 0.398. The molecule has 0 fully saturated rings. The van der Waals surface area contributed by atoms with E-state index in [0.29, 0.717) is 12.6 Å². The van der Waals surface area contributed by atoms with Crippen molar-refractivity contribution in [3.8, 4) is 0 Å². The van der Waals surface area contributed by atoms with E-state index in [1.165, 1.54) is 0 Å². The largest absolute Gasteiger partial charge is 0.305 e. The van der Waals surface area contributed by atoms with Crippen LogP contribution < -0.4 is 5.32 Å². The molecule has 0 aromatic carbocycles. The molecule has 3 heterocycles. The average molecular weight is 304 g/mol. The van der Waals surface area contributed by atoms with E-state index in [-0.39, 0.29) is 0 Å².